The first kappa shape index (κ1) is 8.04. The van der Waals surface area contributed by atoms with Gasteiger partial charge in [-0.1, -0.05) is 12.1 Å². The third kappa shape index (κ3) is 2.57. The Labute approximate surface area is 66.6 Å². The average Bonchev–Trinajstić information content (AvgIpc) is 2.01. The van der Waals surface area contributed by atoms with Crippen LogP contribution in [0.25, 0.3) is 0 Å². The molecular formula is C8H13N3. The summed E-state index contributed by atoms with van der Waals surface area (Å²) in [5.41, 5.74) is 13.4. The number of hydrogen-bond acceptors (Lipinski definition) is 3. The molecule has 4 N–H and O–H groups in total. The van der Waals surface area contributed by atoms with Gasteiger partial charge in [-0.2, -0.15) is 0 Å². The van der Waals surface area contributed by atoms with E-state index in [1.54, 1.807) is 0 Å². The van der Waals surface area contributed by atoms with E-state index in [1.807, 2.05) is 31.3 Å². The van der Waals surface area contributed by atoms with Crippen LogP contribution in [-0.4, -0.2) is 7.05 Å². The van der Waals surface area contributed by atoms with Gasteiger partial charge in [-0.05, 0) is 24.7 Å². The van der Waals surface area contributed by atoms with Gasteiger partial charge in [0, 0.05) is 12.2 Å². The SMILES string of the molecule is CNNCc1cccc(N)c1. The normalized spacial score (nSPS) is 9.91. The smallest absolute Gasteiger partial charge is 0.0351 e. The highest BCUT2D eigenvalue weighted by Gasteiger charge is 1.90. The lowest BCUT2D eigenvalue weighted by Gasteiger charge is -2.02. The van der Waals surface area contributed by atoms with Gasteiger partial charge in [0.15, 0.2) is 0 Å². The summed E-state index contributed by atoms with van der Waals surface area (Å²) in [4.78, 5) is 0. The van der Waals surface area contributed by atoms with E-state index in [2.05, 4.69) is 10.9 Å². The summed E-state index contributed by atoms with van der Waals surface area (Å²) in [5.74, 6) is 0. The van der Waals surface area contributed by atoms with Crippen LogP contribution in [0.1, 0.15) is 5.56 Å². The molecule has 0 amide bonds. The van der Waals surface area contributed by atoms with E-state index in [9.17, 15) is 0 Å². The summed E-state index contributed by atoms with van der Waals surface area (Å²) in [6.07, 6.45) is 0. The van der Waals surface area contributed by atoms with Crippen molar-refractivity contribution >= 4 is 5.69 Å². The second-order valence-electron chi connectivity index (χ2n) is 2.35. The van der Waals surface area contributed by atoms with Crippen molar-refractivity contribution in [1.82, 2.24) is 10.9 Å². The van der Waals surface area contributed by atoms with Gasteiger partial charge in [0.25, 0.3) is 0 Å². The summed E-state index contributed by atoms with van der Waals surface area (Å²) < 4.78 is 0. The van der Waals surface area contributed by atoms with Gasteiger partial charge in [-0.25, -0.2) is 0 Å². The van der Waals surface area contributed by atoms with E-state index in [-0.39, 0.29) is 0 Å². The van der Waals surface area contributed by atoms with Crippen LogP contribution in [0.15, 0.2) is 24.3 Å². The summed E-state index contributed by atoms with van der Waals surface area (Å²) in [5, 5.41) is 0. The highest BCUT2D eigenvalue weighted by Crippen LogP contribution is 2.05. The highest BCUT2D eigenvalue weighted by molar-refractivity contribution is 5.40. The zero-order valence-corrected chi connectivity index (χ0v) is 6.59. The topological polar surface area (TPSA) is 50.1 Å². The van der Waals surface area contributed by atoms with Crippen LogP contribution in [0.4, 0.5) is 5.69 Å². The molecule has 11 heavy (non-hydrogen) atoms. The van der Waals surface area contributed by atoms with Crippen molar-refractivity contribution < 1.29 is 0 Å². The second kappa shape index (κ2) is 3.95. The molecule has 0 atom stereocenters. The van der Waals surface area contributed by atoms with E-state index in [4.69, 9.17) is 5.73 Å². The molecule has 0 bridgehead atoms. The second-order valence-corrected chi connectivity index (χ2v) is 2.35. The van der Waals surface area contributed by atoms with Crippen molar-refractivity contribution in [2.75, 3.05) is 12.8 Å². The third-order valence-corrected chi connectivity index (χ3v) is 1.42. The van der Waals surface area contributed by atoms with Gasteiger partial charge in [-0.15, -0.1) is 0 Å². The van der Waals surface area contributed by atoms with Crippen molar-refractivity contribution in [3.05, 3.63) is 29.8 Å². The minimum atomic E-state index is 0.793. The fraction of sp³-hybridized carbons (Fsp3) is 0.250. The number of benzene rings is 1. The van der Waals surface area contributed by atoms with Gasteiger partial charge >= 0.3 is 0 Å². The summed E-state index contributed by atoms with van der Waals surface area (Å²) in [6, 6.07) is 7.80. The van der Waals surface area contributed by atoms with E-state index < -0.39 is 0 Å². The lowest BCUT2D eigenvalue weighted by Crippen LogP contribution is -2.26. The van der Waals surface area contributed by atoms with E-state index in [0.29, 0.717) is 0 Å². The summed E-state index contributed by atoms with van der Waals surface area (Å²) >= 11 is 0. The first-order chi connectivity index (χ1) is 5.33. The monoisotopic (exact) mass is 151 g/mol. The Morgan fingerprint density at radius 3 is 2.91 bits per heavy atom. The molecular weight excluding hydrogens is 138 g/mol. The van der Waals surface area contributed by atoms with Crippen molar-refractivity contribution in [1.29, 1.82) is 0 Å². The van der Waals surface area contributed by atoms with E-state index in [0.717, 1.165) is 12.2 Å². The number of hydrogen-bond donors (Lipinski definition) is 3. The van der Waals surface area contributed by atoms with Crippen LogP contribution in [-0.2, 0) is 6.54 Å². The molecule has 3 nitrogen and oxygen atoms in total. The largest absolute Gasteiger partial charge is 0.399 e. The number of nitrogens with two attached hydrogens (primary N) is 1. The standard InChI is InChI=1S/C8H13N3/c1-10-11-6-7-3-2-4-8(9)5-7/h2-5,10-11H,6,9H2,1H3. The van der Waals surface area contributed by atoms with Gasteiger partial charge in [0.2, 0.25) is 0 Å². The molecule has 0 aromatic heterocycles. The zero-order valence-electron chi connectivity index (χ0n) is 6.59. The van der Waals surface area contributed by atoms with Crippen LogP contribution < -0.4 is 16.6 Å². The van der Waals surface area contributed by atoms with Crippen LogP contribution >= 0.6 is 0 Å². The minimum absolute atomic E-state index is 0.793. The Bertz CT molecular complexity index is 222. The van der Waals surface area contributed by atoms with Gasteiger partial charge in [0.1, 0.15) is 0 Å². The number of anilines is 1. The molecule has 0 spiro atoms. The van der Waals surface area contributed by atoms with E-state index >= 15 is 0 Å². The Kier molecular flexibility index (Phi) is 2.89. The molecule has 0 aliphatic carbocycles. The van der Waals surface area contributed by atoms with Gasteiger partial charge in [-0.3, -0.25) is 10.9 Å². The Morgan fingerprint density at radius 2 is 2.27 bits per heavy atom. The van der Waals surface area contributed by atoms with E-state index in [1.165, 1.54) is 5.56 Å². The van der Waals surface area contributed by atoms with Crippen LogP contribution in [0.2, 0.25) is 0 Å². The third-order valence-electron chi connectivity index (χ3n) is 1.42. The molecule has 0 unspecified atom stereocenters. The van der Waals surface area contributed by atoms with Gasteiger partial charge < -0.3 is 5.73 Å². The van der Waals surface area contributed by atoms with Crippen molar-refractivity contribution in [3.63, 3.8) is 0 Å². The summed E-state index contributed by atoms with van der Waals surface area (Å²) in [7, 11) is 1.84. The quantitative estimate of drug-likeness (QED) is 0.435. The molecule has 60 valence electrons. The molecule has 1 rings (SSSR count). The first-order valence-electron chi connectivity index (χ1n) is 3.57. The molecule has 0 saturated heterocycles. The fourth-order valence-electron chi connectivity index (χ4n) is 0.894. The Morgan fingerprint density at radius 1 is 1.45 bits per heavy atom. The molecule has 0 saturated carbocycles. The molecule has 0 heterocycles. The minimum Gasteiger partial charge on any atom is -0.399 e. The predicted molar refractivity (Wildman–Crippen MR) is 46.8 cm³/mol. The summed E-state index contributed by atoms with van der Waals surface area (Å²) in [6.45, 7) is 0.793. The molecule has 3 heteroatoms. The Hall–Kier alpha value is -1.06. The average molecular weight is 151 g/mol. The number of nitrogens with one attached hydrogen (secondary N) is 2. The maximum Gasteiger partial charge on any atom is 0.0351 e. The number of hydrazine groups is 1. The lowest BCUT2D eigenvalue weighted by molar-refractivity contribution is 0.596. The van der Waals surface area contributed by atoms with Crippen LogP contribution in [0.3, 0.4) is 0 Å². The number of nitrogen functional groups attached to an aromatic ring is 1. The van der Waals surface area contributed by atoms with Crippen molar-refractivity contribution in [2.24, 2.45) is 0 Å². The predicted octanol–water partition coefficient (Wildman–Crippen LogP) is 0.493. The van der Waals surface area contributed by atoms with Gasteiger partial charge in [0.05, 0.1) is 0 Å². The van der Waals surface area contributed by atoms with Crippen molar-refractivity contribution in [2.45, 2.75) is 6.54 Å². The molecule has 0 aliphatic rings. The van der Waals surface area contributed by atoms with Crippen LogP contribution in [0, 0.1) is 0 Å². The molecule has 1 aromatic carbocycles. The van der Waals surface area contributed by atoms with Crippen LogP contribution in [0.5, 0.6) is 0 Å². The maximum absolute atomic E-state index is 5.58. The molecule has 0 fully saturated rings. The first-order valence-corrected chi connectivity index (χ1v) is 3.57. The fourth-order valence-corrected chi connectivity index (χ4v) is 0.894. The zero-order chi connectivity index (χ0) is 8.10. The number of rotatable bonds is 3. The van der Waals surface area contributed by atoms with Crippen molar-refractivity contribution in [3.8, 4) is 0 Å². The lowest BCUT2D eigenvalue weighted by atomic mass is 10.2. The molecule has 0 radical (unpaired) electrons. The molecule has 0 aliphatic heterocycles. The molecule has 1 aromatic rings. The Balaban J connectivity index is 2.56. The highest BCUT2D eigenvalue weighted by atomic mass is 15.3. The maximum atomic E-state index is 5.58.